The van der Waals surface area contributed by atoms with Gasteiger partial charge in [0, 0.05) is 26.1 Å². The van der Waals surface area contributed by atoms with E-state index in [1.54, 1.807) is 6.92 Å². The molecule has 0 radical (unpaired) electrons. The fourth-order valence-electron chi connectivity index (χ4n) is 1.69. The lowest BCUT2D eigenvalue weighted by Crippen LogP contribution is -2.35. The number of carbonyl (C=O) groups excluding carboxylic acids is 1. The molecule has 0 aliphatic rings. The maximum atomic E-state index is 10.7. The van der Waals surface area contributed by atoms with Crippen LogP contribution < -0.4 is 10.6 Å². The number of nitrogens with one attached hydrogen (secondary N) is 2. The Labute approximate surface area is 104 Å². The van der Waals surface area contributed by atoms with Crippen LogP contribution in [0.2, 0.25) is 0 Å². The monoisotopic (exact) mass is 234 g/mol. The zero-order valence-corrected chi connectivity index (χ0v) is 10.7. The third-order valence-electron chi connectivity index (χ3n) is 2.70. The minimum Gasteiger partial charge on any atom is -0.355 e. The predicted octanol–water partition coefficient (Wildman–Crippen LogP) is 1.73. The highest BCUT2D eigenvalue weighted by molar-refractivity contribution is 5.72. The van der Waals surface area contributed by atoms with Crippen molar-refractivity contribution < 1.29 is 4.79 Å². The third kappa shape index (κ3) is 6.74. The fraction of sp³-hybridized carbons (Fsp3) is 0.500. The second-order valence-corrected chi connectivity index (χ2v) is 4.36. The van der Waals surface area contributed by atoms with Crippen molar-refractivity contribution in [3.05, 3.63) is 35.9 Å². The number of rotatable bonds is 7. The SMILES string of the molecule is CC(=O)NCCNC(C)CCc1ccccc1. The van der Waals surface area contributed by atoms with Crippen LogP contribution >= 0.6 is 0 Å². The molecule has 0 saturated carbocycles. The lowest BCUT2D eigenvalue weighted by molar-refractivity contribution is -0.118. The van der Waals surface area contributed by atoms with Crippen molar-refractivity contribution in [2.75, 3.05) is 13.1 Å². The molecule has 0 saturated heterocycles. The molecule has 0 fully saturated rings. The van der Waals surface area contributed by atoms with Gasteiger partial charge in [0.25, 0.3) is 0 Å². The van der Waals surface area contributed by atoms with Crippen LogP contribution in [0.4, 0.5) is 0 Å². The summed E-state index contributed by atoms with van der Waals surface area (Å²) in [6.07, 6.45) is 2.21. The summed E-state index contributed by atoms with van der Waals surface area (Å²) in [5, 5.41) is 6.17. The van der Waals surface area contributed by atoms with Gasteiger partial charge < -0.3 is 10.6 Å². The summed E-state index contributed by atoms with van der Waals surface area (Å²) in [4.78, 5) is 10.7. The summed E-state index contributed by atoms with van der Waals surface area (Å²) < 4.78 is 0. The van der Waals surface area contributed by atoms with Crippen LogP contribution in [0.3, 0.4) is 0 Å². The smallest absolute Gasteiger partial charge is 0.216 e. The molecule has 94 valence electrons. The van der Waals surface area contributed by atoms with Crippen LogP contribution in [0.5, 0.6) is 0 Å². The van der Waals surface area contributed by atoms with E-state index < -0.39 is 0 Å². The Kier molecular flexibility index (Phi) is 6.33. The Balaban J connectivity index is 2.09. The summed E-state index contributed by atoms with van der Waals surface area (Å²) >= 11 is 0. The van der Waals surface area contributed by atoms with E-state index in [1.807, 2.05) is 6.07 Å². The van der Waals surface area contributed by atoms with Gasteiger partial charge in [-0.05, 0) is 25.3 Å². The van der Waals surface area contributed by atoms with Gasteiger partial charge in [-0.1, -0.05) is 30.3 Å². The molecule has 17 heavy (non-hydrogen) atoms. The minimum absolute atomic E-state index is 0.0312. The van der Waals surface area contributed by atoms with E-state index in [0.717, 1.165) is 19.4 Å². The van der Waals surface area contributed by atoms with Crippen LogP contribution in [0, 0.1) is 0 Å². The van der Waals surface area contributed by atoms with Gasteiger partial charge in [0.1, 0.15) is 0 Å². The average molecular weight is 234 g/mol. The summed E-state index contributed by atoms with van der Waals surface area (Å²) in [5.41, 5.74) is 1.38. The van der Waals surface area contributed by atoms with E-state index in [2.05, 4.69) is 41.8 Å². The van der Waals surface area contributed by atoms with Crippen LogP contribution in [0.25, 0.3) is 0 Å². The maximum Gasteiger partial charge on any atom is 0.216 e. The Morgan fingerprint density at radius 1 is 1.24 bits per heavy atom. The molecule has 0 heterocycles. The number of hydrogen-bond acceptors (Lipinski definition) is 2. The van der Waals surface area contributed by atoms with Crippen LogP contribution in [0.15, 0.2) is 30.3 Å². The van der Waals surface area contributed by atoms with Crippen molar-refractivity contribution in [2.45, 2.75) is 32.7 Å². The largest absolute Gasteiger partial charge is 0.355 e. The molecular formula is C14H22N2O. The van der Waals surface area contributed by atoms with Gasteiger partial charge in [0.05, 0.1) is 0 Å². The van der Waals surface area contributed by atoms with Gasteiger partial charge in [-0.2, -0.15) is 0 Å². The molecule has 3 heteroatoms. The first-order valence-electron chi connectivity index (χ1n) is 6.20. The zero-order valence-electron chi connectivity index (χ0n) is 10.7. The van der Waals surface area contributed by atoms with E-state index in [4.69, 9.17) is 0 Å². The predicted molar refractivity (Wildman–Crippen MR) is 70.9 cm³/mol. The fourth-order valence-corrected chi connectivity index (χ4v) is 1.69. The highest BCUT2D eigenvalue weighted by atomic mass is 16.1. The Hall–Kier alpha value is -1.35. The van der Waals surface area contributed by atoms with Crippen LogP contribution in [-0.4, -0.2) is 25.0 Å². The minimum atomic E-state index is 0.0312. The van der Waals surface area contributed by atoms with Gasteiger partial charge in [-0.3, -0.25) is 4.79 Å². The second kappa shape index (κ2) is 7.85. The first-order chi connectivity index (χ1) is 8.18. The molecule has 2 N–H and O–H groups in total. The molecule has 1 atom stereocenters. The van der Waals surface area contributed by atoms with Crippen molar-refractivity contribution in [1.29, 1.82) is 0 Å². The third-order valence-corrected chi connectivity index (χ3v) is 2.70. The van der Waals surface area contributed by atoms with E-state index in [-0.39, 0.29) is 5.91 Å². The van der Waals surface area contributed by atoms with Gasteiger partial charge in [0.2, 0.25) is 5.91 Å². The van der Waals surface area contributed by atoms with Crippen molar-refractivity contribution in [1.82, 2.24) is 10.6 Å². The summed E-state index contributed by atoms with van der Waals surface area (Å²) in [5.74, 6) is 0.0312. The normalized spacial score (nSPS) is 12.1. The molecule has 0 aromatic heterocycles. The van der Waals surface area contributed by atoms with Gasteiger partial charge in [-0.25, -0.2) is 0 Å². The first-order valence-corrected chi connectivity index (χ1v) is 6.20. The quantitative estimate of drug-likeness (QED) is 0.706. The lowest BCUT2D eigenvalue weighted by Gasteiger charge is -2.13. The Morgan fingerprint density at radius 3 is 2.59 bits per heavy atom. The maximum absolute atomic E-state index is 10.7. The zero-order chi connectivity index (χ0) is 12.5. The van der Waals surface area contributed by atoms with Crippen LogP contribution in [-0.2, 0) is 11.2 Å². The average Bonchev–Trinajstić information content (AvgIpc) is 2.33. The van der Waals surface area contributed by atoms with Gasteiger partial charge in [-0.15, -0.1) is 0 Å². The summed E-state index contributed by atoms with van der Waals surface area (Å²) in [6, 6.07) is 11.0. The number of aryl methyl sites for hydroxylation is 1. The second-order valence-electron chi connectivity index (χ2n) is 4.36. The topological polar surface area (TPSA) is 41.1 Å². The molecular weight excluding hydrogens is 212 g/mol. The van der Waals surface area contributed by atoms with Crippen LogP contribution in [0.1, 0.15) is 25.8 Å². The number of amides is 1. The van der Waals surface area contributed by atoms with E-state index in [0.29, 0.717) is 12.6 Å². The number of carbonyl (C=O) groups is 1. The molecule has 1 rings (SSSR count). The molecule has 3 nitrogen and oxygen atoms in total. The number of hydrogen-bond donors (Lipinski definition) is 2. The Bertz CT molecular complexity index is 324. The highest BCUT2D eigenvalue weighted by Gasteiger charge is 2.01. The van der Waals surface area contributed by atoms with Crippen molar-refractivity contribution in [3.63, 3.8) is 0 Å². The van der Waals surface area contributed by atoms with Crippen molar-refractivity contribution in [2.24, 2.45) is 0 Å². The van der Waals surface area contributed by atoms with Gasteiger partial charge >= 0.3 is 0 Å². The highest BCUT2D eigenvalue weighted by Crippen LogP contribution is 2.04. The molecule has 0 bridgehead atoms. The van der Waals surface area contributed by atoms with Crippen molar-refractivity contribution in [3.8, 4) is 0 Å². The molecule has 0 aliphatic heterocycles. The molecule has 1 aromatic rings. The Morgan fingerprint density at radius 2 is 1.94 bits per heavy atom. The number of benzene rings is 1. The standard InChI is InChI=1S/C14H22N2O/c1-12(15-10-11-16-13(2)17)8-9-14-6-4-3-5-7-14/h3-7,12,15H,8-11H2,1-2H3,(H,16,17). The van der Waals surface area contributed by atoms with E-state index >= 15 is 0 Å². The van der Waals surface area contributed by atoms with Crippen molar-refractivity contribution >= 4 is 5.91 Å². The molecule has 1 unspecified atom stereocenters. The summed E-state index contributed by atoms with van der Waals surface area (Å²) in [7, 11) is 0. The molecule has 1 aromatic carbocycles. The van der Waals surface area contributed by atoms with E-state index in [1.165, 1.54) is 5.56 Å². The first kappa shape index (κ1) is 13.7. The summed E-state index contributed by atoms with van der Waals surface area (Å²) in [6.45, 7) is 5.25. The van der Waals surface area contributed by atoms with E-state index in [9.17, 15) is 4.79 Å². The van der Waals surface area contributed by atoms with Gasteiger partial charge in [0.15, 0.2) is 0 Å². The molecule has 0 aliphatic carbocycles. The lowest BCUT2D eigenvalue weighted by atomic mass is 10.1. The molecule has 0 spiro atoms. The molecule has 1 amide bonds.